The lowest BCUT2D eigenvalue weighted by Crippen LogP contribution is -2.13. The summed E-state index contributed by atoms with van der Waals surface area (Å²) < 4.78 is 29.9. The van der Waals surface area contributed by atoms with Crippen LogP contribution in [-0.4, -0.2) is 18.0 Å². The van der Waals surface area contributed by atoms with E-state index >= 15 is 0 Å². The highest BCUT2D eigenvalue weighted by molar-refractivity contribution is 7.92. The van der Waals surface area contributed by atoms with E-state index in [1.807, 2.05) is 43.4 Å². The zero-order valence-electron chi connectivity index (χ0n) is 15.8. The van der Waals surface area contributed by atoms with Crippen LogP contribution in [0, 0.1) is 0 Å². The molecule has 4 aromatic rings. The van der Waals surface area contributed by atoms with E-state index < -0.39 is 10.0 Å². The number of nitrogens with zero attached hydrogens (tertiary/aromatic N) is 2. The minimum atomic E-state index is -3.66. The molecule has 0 fully saturated rings. The average Bonchev–Trinajstić information content (AvgIpc) is 3.03. The number of nitrogens with one attached hydrogen (secondary N) is 1. The summed E-state index contributed by atoms with van der Waals surface area (Å²) in [7, 11) is -1.65. The minimum Gasteiger partial charge on any atom is -0.331 e. The van der Waals surface area contributed by atoms with Gasteiger partial charge in [0.05, 0.1) is 15.9 Å². The Morgan fingerprint density at radius 1 is 0.966 bits per heavy atom. The molecule has 0 atom stereocenters. The van der Waals surface area contributed by atoms with Gasteiger partial charge < -0.3 is 4.57 Å². The van der Waals surface area contributed by atoms with Gasteiger partial charge in [-0.1, -0.05) is 35.9 Å². The number of hydrogen-bond acceptors (Lipinski definition) is 3. The van der Waals surface area contributed by atoms with Crippen LogP contribution in [0.2, 0.25) is 5.02 Å². The van der Waals surface area contributed by atoms with Gasteiger partial charge in [0.15, 0.2) is 0 Å². The van der Waals surface area contributed by atoms with Crippen LogP contribution in [0.5, 0.6) is 0 Å². The molecule has 0 spiro atoms. The van der Waals surface area contributed by atoms with Gasteiger partial charge in [0.1, 0.15) is 5.82 Å². The van der Waals surface area contributed by atoms with Crippen molar-refractivity contribution in [1.82, 2.24) is 9.55 Å². The molecule has 0 aliphatic heterocycles. The fourth-order valence-electron chi connectivity index (χ4n) is 3.29. The molecule has 1 N–H and O–H groups in total. The molecule has 0 saturated carbocycles. The molecule has 4 rings (SSSR count). The van der Waals surface area contributed by atoms with E-state index in [1.165, 1.54) is 12.1 Å². The van der Waals surface area contributed by atoms with Crippen molar-refractivity contribution in [2.75, 3.05) is 4.72 Å². The van der Waals surface area contributed by atoms with Gasteiger partial charge in [-0.2, -0.15) is 0 Å². The Kier molecular flexibility index (Phi) is 5.30. The summed E-state index contributed by atoms with van der Waals surface area (Å²) in [5, 5.41) is 0.493. The summed E-state index contributed by atoms with van der Waals surface area (Å²) in [6.45, 7) is 0. The monoisotopic (exact) mass is 425 g/mol. The zero-order chi connectivity index (χ0) is 20.4. The number of rotatable bonds is 6. The van der Waals surface area contributed by atoms with E-state index in [9.17, 15) is 8.42 Å². The first-order chi connectivity index (χ1) is 13.9. The molecule has 1 aromatic heterocycles. The number of aromatic nitrogens is 2. The van der Waals surface area contributed by atoms with E-state index in [0.717, 1.165) is 35.3 Å². The maximum absolute atomic E-state index is 12.6. The predicted octanol–water partition coefficient (Wildman–Crippen LogP) is 4.81. The van der Waals surface area contributed by atoms with Crippen LogP contribution in [0.15, 0.2) is 77.7 Å². The predicted molar refractivity (Wildman–Crippen MR) is 117 cm³/mol. The van der Waals surface area contributed by atoms with Crippen molar-refractivity contribution in [2.24, 2.45) is 7.05 Å². The van der Waals surface area contributed by atoms with Crippen LogP contribution in [0.1, 0.15) is 11.4 Å². The minimum absolute atomic E-state index is 0.173. The van der Waals surface area contributed by atoms with E-state index in [1.54, 1.807) is 18.2 Å². The van der Waals surface area contributed by atoms with Gasteiger partial charge in [-0.15, -0.1) is 0 Å². The summed E-state index contributed by atoms with van der Waals surface area (Å²) in [4.78, 5) is 4.87. The first-order valence-corrected chi connectivity index (χ1v) is 11.1. The molecule has 0 saturated heterocycles. The quantitative estimate of drug-likeness (QED) is 0.482. The molecular weight excluding hydrogens is 406 g/mol. The van der Waals surface area contributed by atoms with Gasteiger partial charge in [-0.3, -0.25) is 4.72 Å². The summed E-state index contributed by atoms with van der Waals surface area (Å²) in [5.74, 6) is 0.998. The molecule has 5 nitrogen and oxygen atoms in total. The van der Waals surface area contributed by atoms with Crippen molar-refractivity contribution in [3.63, 3.8) is 0 Å². The average molecular weight is 426 g/mol. The molecule has 1 heterocycles. The summed E-state index contributed by atoms with van der Waals surface area (Å²) in [6, 6.07) is 21.6. The Morgan fingerprint density at radius 3 is 2.48 bits per heavy atom. The third-order valence-electron chi connectivity index (χ3n) is 4.82. The standard InChI is InChI=1S/C22H20ClN3O2S/c1-26-21-8-3-2-7-20(21)24-22(26)14-9-16-5-4-6-18(15-16)25-29(27,28)19-12-10-17(23)11-13-19/h2-8,10-13,15,25H,9,14H2,1H3. The number of fused-ring (bicyclic) bond motifs is 1. The normalized spacial score (nSPS) is 11.7. The molecule has 7 heteroatoms. The van der Waals surface area contributed by atoms with Gasteiger partial charge >= 0.3 is 0 Å². The number of aryl methyl sites for hydroxylation is 3. The third kappa shape index (κ3) is 4.28. The maximum atomic E-state index is 12.6. The van der Waals surface area contributed by atoms with E-state index in [2.05, 4.69) is 15.4 Å². The molecule has 148 valence electrons. The number of hydrogen-bond donors (Lipinski definition) is 1. The molecule has 0 radical (unpaired) electrons. The second-order valence-corrected chi connectivity index (χ2v) is 8.95. The van der Waals surface area contributed by atoms with Crippen molar-refractivity contribution in [2.45, 2.75) is 17.7 Å². The number of anilines is 1. The fourth-order valence-corrected chi connectivity index (χ4v) is 4.47. The first kappa shape index (κ1) is 19.5. The second kappa shape index (κ2) is 7.89. The molecule has 0 amide bonds. The van der Waals surface area contributed by atoms with Crippen LogP contribution in [0.25, 0.3) is 11.0 Å². The van der Waals surface area contributed by atoms with Gasteiger partial charge in [-0.25, -0.2) is 13.4 Å². The number of benzene rings is 3. The molecule has 0 unspecified atom stereocenters. The summed E-state index contributed by atoms with van der Waals surface area (Å²) >= 11 is 5.84. The zero-order valence-corrected chi connectivity index (χ0v) is 17.4. The lowest BCUT2D eigenvalue weighted by Gasteiger charge is -2.10. The fraction of sp³-hybridized carbons (Fsp3) is 0.136. The highest BCUT2D eigenvalue weighted by Gasteiger charge is 2.14. The summed E-state index contributed by atoms with van der Waals surface area (Å²) in [6.07, 6.45) is 1.52. The lowest BCUT2D eigenvalue weighted by molar-refractivity contribution is 0.601. The Morgan fingerprint density at radius 2 is 1.72 bits per heavy atom. The topological polar surface area (TPSA) is 64.0 Å². The number of para-hydroxylation sites is 2. The lowest BCUT2D eigenvalue weighted by atomic mass is 10.1. The number of imidazole rings is 1. The molecular formula is C22H20ClN3O2S. The third-order valence-corrected chi connectivity index (χ3v) is 6.47. The van der Waals surface area contributed by atoms with Crippen LogP contribution in [0.3, 0.4) is 0 Å². The maximum Gasteiger partial charge on any atom is 0.261 e. The number of sulfonamides is 1. The molecule has 29 heavy (non-hydrogen) atoms. The Bertz CT molecular complexity index is 1260. The molecule has 0 aliphatic rings. The van der Waals surface area contributed by atoms with E-state index in [4.69, 9.17) is 16.6 Å². The SMILES string of the molecule is Cn1c(CCc2cccc(NS(=O)(=O)c3ccc(Cl)cc3)c2)nc2ccccc21. The smallest absolute Gasteiger partial charge is 0.261 e. The van der Waals surface area contributed by atoms with Crippen molar-refractivity contribution in [3.8, 4) is 0 Å². The summed E-state index contributed by atoms with van der Waals surface area (Å²) in [5.41, 5.74) is 3.65. The van der Waals surface area contributed by atoms with Crippen LogP contribution in [-0.2, 0) is 29.9 Å². The van der Waals surface area contributed by atoms with Crippen molar-refractivity contribution in [1.29, 1.82) is 0 Å². The van der Waals surface area contributed by atoms with Crippen LogP contribution in [0.4, 0.5) is 5.69 Å². The van der Waals surface area contributed by atoms with E-state index in [0.29, 0.717) is 10.7 Å². The van der Waals surface area contributed by atoms with Crippen molar-refractivity contribution >= 4 is 38.3 Å². The van der Waals surface area contributed by atoms with Crippen molar-refractivity contribution in [3.05, 3.63) is 89.2 Å². The number of halogens is 1. The van der Waals surface area contributed by atoms with Crippen LogP contribution >= 0.6 is 11.6 Å². The van der Waals surface area contributed by atoms with Gasteiger partial charge in [-0.05, 0) is 60.5 Å². The van der Waals surface area contributed by atoms with Crippen molar-refractivity contribution < 1.29 is 8.42 Å². The van der Waals surface area contributed by atoms with Crippen LogP contribution < -0.4 is 4.72 Å². The highest BCUT2D eigenvalue weighted by atomic mass is 35.5. The molecule has 0 aliphatic carbocycles. The van der Waals surface area contributed by atoms with Gasteiger partial charge in [0.25, 0.3) is 10.0 Å². The largest absolute Gasteiger partial charge is 0.331 e. The van der Waals surface area contributed by atoms with Gasteiger partial charge in [0, 0.05) is 24.2 Å². The molecule has 3 aromatic carbocycles. The Hall–Kier alpha value is -2.83. The Balaban J connectivity index is 1.50. The molecule has 0 bridgehead atoms. The Labute approximate surface area is 175 Å². The van der Waals surface area contributed by atoms with Gasteiger partial charge in [0.2, 0.25) is 0 Å². The van der Waals surface area contributed by atoms with E-state index in [-0.39, 0.29) is 4.90 Å². The highest BCUT2D eigenvalue weighted by Crippen LogP contribution is 2.20. The second-order valence-electron chi connectivity index (χ2n) is 6.84. The first-order valence-electron chi connectivity index (χ1n) is 9.20.